The van der Waals surface area contributed by atoms with Crippen LogP contribution in [0.15, 0.2) is 36.8 Å². The van der Waals surface area contributed by atoms with Crippen LogP contribution < -0.4 is 5.32 Å². The first-order chi connectivity index (χ1) is 11.8. The van der Waals surface area contributed by atoms with Crippen molar-refractivity contribution in [2.45, 2.75) is 25.0 Å². The lowest BCUT2D eigenvalue weighted by Crippen LogP contribution is -2.53. The van der Waals surface area contributed by atoms with Gasteiger partial charge in [0.15, 0.2) is 0 Å². The molecule has 7 nitrogen and oxygen atoms in total. The van der Waals surface area contributed by atoms with Crippen LogP contribution in [-0.4, -0.2) is 57.8 Å². The van der Waals surface area contributed by atoms with Gasteiger partial charge in [0, 0.05) is 37.6 Å². The SMILES string of the molecule is O=C(c1ccn[nH]1)N1CCO[C@H]2[C@H](CNc3cccnc3)CC[C@@H]21. The normalized spacial score (nSPS) is 26.2. The van der Waals surface area contributed by atoms with Gasteiger partial charge in [-0.15, -0.1) is 0 Å². The summed E-state index contributed by atoms with van der Waals surface area (Å²) in [4.78, 5) is 18.7. The van der Waals surface area contributed by atoms with Gasteiger partial charge in [0.05, 0.1) is 24.4 Å². The summed E-state index contributed by atoms with van der Waals surface area (Å²) in [5, 5.41) is 10.1. The monoisotopic (exact) mass is 327 g/mol. The molecule has 1 saturated carbocycles. The van der Waals surface area contributed by atoms with E-state index in [0.717, 1.165) is 25.1 Å². The molecule has 0 spiro atoms. The topological polar surface area (TPSA) is 83.1 Å². The summed E-state index contributed by atoms with van der Waals surface area (Å²) in [6, 6.07) is 5.80. The van der Waals surface area contributed by atoms with E-state index in [0.29, 0.717) is 24.8 Å². The smallest absolute Gasteiger partial charge is 0.272 e. The highest BCUT2D eigenvalue weighted by Gasteiger charge is 2.44. The molecule has 4 rings (SSSR count). The van der Waals surface area contributed by atoms with Crippen LogP contribution in [0.1, 0.15) is 23.3 Å². The molecule has 1 aliphatic heterocycles. The maximum atomic E-state index is 12.7. The number of morpholine rings is 1. The van der Waals surface area contributed by atoms with Crippen LogP contribution in [-0.2, 0) is 4.74 Å². The van der Waals surface area contributed by atoms with E-state index in [-0.39, 0.29) is 18.1 Å². The third-order valence-corrected chi connectivity index (χ3v) is 4.94. The first-order valence-electron chi connectivity index (χ1n) is 8.39. The first kappa shape index (κ1) is 15.1. The van der Waals surface area contributed by atoms with Gasteiger partial charge in [0.1, 0.15) is 5.69 Å². The second kappa shape index (κ2) is 6.60. The van der Waals surface area contributed by atoms with Crippen molar-refractivity contribution in [2.75, 3.05) is 25.0 Å². The van der Waals surface area contributed by atoms with Gasteiger partial charge in [0.25, 0.3) is 5.91 Å². The molecule has 1 saturated heterocycles. The lowest BCUT2D eigenvalue weighted by Gasteiger charge is -2.39. The van der Waals surface area contributed by atoms with Crippen molar-refractivity contribution in [3.05, 3.63) is 42.5 Å². The molecule has 24 heavy (non-hydrogen) atoms. The molecule has 0 aromatic carbocycles. The molecule has 0 bridgehead atoms. The van der Waals surface area contributed by atoms with E-state index in [1.54, 1.807) is 18.5 Å². The molecule has 3 heterocycles. The fraction of sp³-hybridized carbons (Fsp3) is 0.471. The number of hydrogen-bond donors (Lipinski definition) is 2. The highest BCUT2D eigenvalue weighted by molar-refractivity contribution is 5.92. The number of anilines is 1. The van der Waals surface area contributed by atoms with Crippen molar-refractivity contribution in [3.8, 4) is 0 Å². The molecule has 0 radical (unpaired) electrons. The number of H-pyrrole nitrogens is 1. The Morgan fingerprint density at radius 2 is 2.33 bits per heavy atom. The zero-order valence-electron chi connectivity index (χ0n) is 13.4. The zero-order valence-corrected chi connectivity index (χ0v) is 13.4. The van der Waals surface area contributed by atoms with Crippen LogP contribution in [0.3, 0.4) is 0 Å². The lowest BCUT2D eigenvalue weighted by molar-refractivity contribution is -0.0603. The maximum absolute atomic E-state index is 12.7. The Balaban J connectivity index is 1.42. The average Bonchev–Trinajstić information content (AvgIpc) is 3.30. The highest BCUT2D eigenvalue weighted by atomic mass is 16.5. The van der Waals surface area contributed by atoms with Crippen molar-refractivity contribution < 1.29 is 9.53 Å². The number of nitrogens with zero attached hydrogens (tertiary/aromatic N) is 3. The number of fused-ring (bicyclic) bond motifs is 1. The Kier molecular flexibility index (Phi) is 4.17. The molecular weight excluding hydrogens is 306 g/mol. The summed E-state index contributed by atoms with van der Waals surface area (Å²) in [6.07, 6.45) is 7.32. The number of carbonyl (C=O) groups is 1. The van der Waals surface area contributed by atoms with E-state index >= 15 is 0 Å². The van der Waals surface area contributed by atoms with Gasteiger partial charge in [0.2, 0.25) is 0 Å². The second-order valence-electron chi connectivity index (χ2n) is 6.33. The van der Waals surface area contributed by atoms with E-state index in [1.165, 1.54) is 0 Å². The van der Waals surface area contributed by atoms with Gasteiger partial charge in [-0.2, -0.15) is 5.10 Å². The summed E-state index contributed by atoms with van der Waals surface area (Å²) in [5.74, 6) is 0.416. The van der Waals surface area contributed by atoms with Gasteiger partial charge in [-0.05, 0) is 31.0 Å². The minimum Gasteiger partial charge on any atom is -0.383 e. The standard InChI is InChI=1S/C17H21N5O2/c23-17(14-5-7-20-21-14)22-8-9-24-16-12(3-4-15(16)22)10-19-13-2-1-6-18-11-13/h1-2,5-7,11-12,15-16,19H,3-4,8-10H2,(H,20,21)/t12-,15-,16-/m0/s1. The fourth-order valence-electron chi connectivity index (χ4n) is 3.78. The number of pyridine rings is 1. The van der Waals surface area contributed by atoms with E-state index in [2.05, 4.69) is 20.5 Å². The van der Waals surface area contributed by atoms with E-state index in [9.17, 15) is 4.79 Å². The molecule has 1 aliphatic carbocycles. The number of rotatable bonds is 4. The number of hydrogen-bond acceptors (Lipinski definition) is 5. The number of nitrogens with one attached hydrogen (secondary N) is 2. The van der Waals surface area contributed by atoms with Crippen LogP contribution in [0.2, 0.25) is 0 Å². The molecule has 2 aromatic rings. The largest absolute Gasteiger partial charge is 0.383 e. The Hall–Kier alpha value is -2.41. The van der Waals surface area contributed by atoms with Crippen molar-refractivity contribution in [3.63, 3.8) is 0 Å². The molecule has 7 heteroatoms. The average molecular weight is 327 g/mol. The van der Waals surface area contributed by atoms with E-state index < -0.39 is 0 Å². The summed E-state index contributed by atoms with van der Waals surface area (Å²) < 4.78 is 6.03. The van der Waals surface area contributed by atoms with E-state index in [4.69, 9.17) is 4.74 Å². The van der Waals surface area contributed by atoms with Gasteiger partial charge < -0.3 is 15.0 Å². The van der Waals surface area contributed by atoms with Crippen molar-refractivity contribution >= 4 is 11.6 Å². The summed E-state index contributed by atoms with van der Waals surface area (Å²) in [6.45, 7) is 2.06. The third-order valence-electron chi connectivity index (χ3n) is 4.94. The van der Waals surface area contributed by atoms with Gasteiger partial charge >= 0.3 is 0 Å². The van der Waals surface area contributed by atoms with E-state index in [1.807, 2.05) is 23.2 Å². The number of aromatic amines is 1. The number of ether oxygens (including phenoxy) is 1. The number of carbonyl (C=O) groups excluding carboxylic acids is 1. The van der Waals surface area contributed by atoms with Crippen molar-refractivity contribution in [1.82, 2.24) is 20.1 Å². The number of amides is 1. The molecule has 126 valence electrons. The molecular formula is C17H21N5O2. The van der Waals surface area contributed by atoms with Crippen molar-refractivity contribution in [1.29, 1.82) is 0 Å². The number of aromatic nitrogens is 3. The zero-order chi connectivity index (χ0) is 16.4. The molecule has 3 atom stereocenters. The minimum atomic E-state index is 0.0201. The lowest BCUT2D eigenvalue weighted by atomic mass is 10.0. The molecule has 2 N–H and O–H groups in total. The second-order valence-corrected chi connectivity index (χ2v) is 6.33. The fourth-order valence-corrected chi connectivity index (χ4v) is 3.78. The Morgan fingerprint density at radius 1 is 1.38 bits per heavy atom. The quantitative estimate of drug-likeness (QED) is 0.890. The molecule has 2 fully saturated rings. The Bertz CT molecular complexity index is 676. The predicted molar refractivity (Wildman–Crippen MR) is 88.6 cm³/mol. The first-order valence-corrected chi connectivity index (χ1v) is 8.39. The summed E-state index contributed by atoms with van der Waals surface area (Å²) >= 11 is 0. The maximum Gasteiger partial charge on any atom is 0.272 e. The van der Waals surface area contributed by atoms with Crippen molar-refractivity contribution in [2.24, 2.45) is 5.92 Å². The van der Waals surface area contributed by atoms with Crippen LogP contribution in [0.25, 0.3) is 0 Å². The van der Waals surface area contributed by atoms with Crippen LogP contribution in [0, 0.1) is 5.92 Å². The minimum absolute atomic E-state index is 0.0201. The molecule has 0 unspecified atom stereocenters. The van der Waals surface area contributed by atoms with Crippen LogP contribution >= 0.6 is 0 Å². The molecule has 1 amide bonds. The van der Waals surface area contributed by atoms with Gasteiger partial charge in [-0.1, -0.05) is 0 Å². The Morgan fingerprint density at radius 3 is 3.12 bits per heavy atom. The van der Waals surface area contributed by atoms with Crippen LogP contribution in [0.5, 0.6) is 0 Å². The van der Waals surface area contributed by atoms with Gasteiger partial charge in [-0.25, -0.2) is 0 Å². The third kappa shape index (κ3) is 2.87. The predicted octanol–water partition coefficient (Wildman–Crippen LogP) is 1.54. The molecule has 2 aliphatic rings. The Labute approximate surface area is 140 Å². The highest BCUT2D eigenvalue weighted by Crippen LogP contribution is 2.35. The summed E-state index contributed by atoms with van der Waals surface area (Å²) in [5.41, 5.74) is 1.56. The summed E-state index contributed by atoms with van der Waals surface area (Å²) in [7, 11) is 0. The molecule has 2 aromatic heterocycles. The van der Waals surface area contributed by atoms with Gasteiger partial charge in [-0.3, -0.25) is 14.9 Å². The van der Waals surface area contributed by atoms with Crippen LogP contribution in [0.4, 0.5) is 5.69 Å².